The molecule has 3 heterocycles. The highest BCUT2D eigenvalue weighted by atomic mass is 16.7. The summed E-state index contributed by atoms with van der Waals surface area (Å²) in [5.41, 5.74) is 6.43. The van der Waals surface area contributed by atoms with Crippen LogP contribution >= 0.6 is 0 Å². The molecule has 9 rings (SSSR count). The molecule has 21 heteroatoms. The Bertz CT molecular complexity index is 2750. The zero-order valence-corrected chi connectivity index (χ0v) is 45.0. The maximum absolute atomic E-state index is 14.0. The second-order valence-corrected chi connectivity index (χ2v) is 23.3. The van der Waals surface area contributed by atoms with Gasteiger partial charge in [-0.3, -0.25) is 33.6 Å². The Balaban J connectivity index is 0.719. The lowest BCUT2D eigenvalue weighted by atomic mass is 9.46. The zero-order chi connectivity index (χ0) is 56.4. The Morgan fingerprint density at radius 1 is 0.924 bits per heavy atom. The van der Waals surface area contributed by atoms with E-state index in [1.54, 1.807) is 41.3 Å². The average molecular weight is 1100 g/mol. The second-order valence-electron chi connectivity index (χ2n) is 23.3. The normalized spacial score (nSPS) is 30.6. The molecule has 6 fully saturated rings. The summed E-state index contributed by atoms with van der Waals surface area (Å²) in [7, 11) is 0. The molecule has 3 saturated heterocycles. The largest absolute Gasteiger partial charge is 0.481 e. The summed E-state index contributed by atoms with van der Waals surface area (Å²) >= 11 is 0. The molecular formula is C58H74N6O15. The number of Topliss-reactive ketones (excluding diaryl/α,β-unsaturated/α-hetero) is 1. The monoisotopic (exact) mass is 1090 g/mol. The highest BCUT2D eigenvalue weighted by Gasteiger charge is 2.76. The fraction of sp³-hybridized carbons (Fsp3) is 0.586. The van der Waals surface area contributed by atoms with E-state index in [9.17, 15) is 53.7 Å². The van der Waals surface area contributed by atoms with Crippen molar-refractivity contribution in [3.8, 4) is 0 Å². The average Bonchev–Trinajstić information content (AvgIpc) is 2.24. The molecule has 79 heavy (non-hydrogen) atoms. The van der Waals surface area contributed by atoms with Crippen molar-refractivity contribution < 1.29 is 72.6 Å². The number of carboxylic acid groups (broad SMARTS) is 1. The zero-order valence-electron chi connectivity index (χ0n) is 45.0. The number of aliphatic hydroxyl groups is 2. The van der Waals surface area contributed by atoms with Crippen molar-refractivity contribution >= 4 is 52.9 Å². The number of hydrogen-bond donors (Lipinski definition) is 8. The number of anilines is 1. The number of ether oxygens (including phenoxy) is 4. The van der Waals surface area contributed by atoms with Crippen LogP contribution in [0.4, 0.5) is 10.5 Å². The van der Waals surface area contributed by atoms with Crippen molar-refractivity contribution in [1.82, 2.24) is 20.9 Å². The Labute approximate surface area is 458 Å². The number of amides is 5. The van der Waals surface area contributed by atoms with E-state index < -0.39 is 108 Å². The Kier molecular flexibility index (Phi) is 17.0. The Morgan fingerprint density at radius 3 is 2.34 bits per heavy atom. The van der Waals surface area contributed by atoms with Gasteiger partial charge in [0, 0.05) is 59.8 Å². The number of nitrogens with zero attached hydrogens (tertiary/aromatic N) is 1. The first-order valence-corrected chi connectivity index (χ1v) is 27.6. The van der Waals surface area contributed by atoms with Crippen LogP contribution in [0.5, 0.6) is 0 Å². The maximum atomic E-state index is 14.0. The number of carbonyl (C=O) groups is 8. The molecule has 426 valence electrons. The van der Waals surface area contributed by atoms with Gasteiger partial charge in [-0.1, -0.05) is 61.9 Å². The number of carboxylic acids is 1. The number of rotatable bonds is 21. The predicted molar refractivity (Wildman–Crippen MR) is 283 cm³/mol. The minimum Gasteiger partial charge on any atom is -0.481 e. The van der Waals surface area contributed by atoms with Crippen molar-refractivity contribution in [1.29, 1.82) is 0 Å². The Morgan fingerprint density at radius 2 is 1.65 bits per heavy atom. The summed E-state index contributed by atoms with van der Waals surface area (Å²) in [6.07, 6.45) is 7.13. The van der Waals surface area contributed by atoms with Crippen molar-refractivity contribution in [3.05, 3.63) is 89.0 Å². The fourth-order valence-corrected chi connectivity index (χ4v) is 14.3. The molecule has 12 atom stereocenters. The van der Waals surface area contributed by atoms with Gasteiger partial charge in [0.1, 0.15) is 25.3 Å². The minimum atomic E-state index is -1.44. The van der Waals surface area contributed by atoms with E-state index in [0.717, 1.165) is 36.0 Å². The third kappa shape index (κ3) is 11.7. The van der Waals surface area contributed by atoms with Gasteiger partial charge in [0.2, 0.25) is 23.6 Å². The van der Waals surface area contributed by atoms with E-state index >= 15 is 0 Å². The molecule has 0 radical (unpaired) electrons. The molecule has 2 aromatic rings. The van der Waals surface area contributed by atoms with Crippen LogP contribution in [0.1, 0.15) is 108 Å². The molecule has 21 nitrogen and oxygen atoms in total. The molecule has 0 aromatic heterocycles. The number of likely N-dealkylation sites (tertiary alicyclic amines) is 1. The van der Waals surface area contributed by atoms with Gasteiger partial charge < -0.3 is 66.2 Å². The standard InChI is InChI=1S/C58H74N6O15/c1-33(66)61-43(6-4-5-21-59)51(73)60-27-48(70)63-44(17-18-49(71)72)52(74)62-38-14-9-35(10-15-38)29-76-54(75)64-30-57(31-64)25-40(77-32-57)22-34-7-11-36(12-8-34)53-78-47-24-42-41-16-13-37-23-39(67)19-20-55(37,2)50(41)45(68)26-56(42,3)58(47,79-53)46(69)28-65/h7-12,14-15,19-20,23,40-45,47,50,53,65,68H,4-6,13,16-18,21-22,24-32,59H2,1-3H3,(H,60,73)(H,61,66)(H,62,74)(H,63,70)(H,71,72)/t40?,41-,42-,43-,44-,45-,47+,50+,53+,55-,56-,58+/m0/s1. The lowest BCUT2D eigenvalue weighted by Crippen LogP contribution is -2.63. The molecule has 7 aliphatic rings. The number of hydrogen-bond acceptors (Lipinski definition) is 15. The van der Waals surface area contributed by atoms with Crippen LogP contribution in [0.15, 0.2) is 72.3 Å². The van der Waals surface area contributed by atoms with Crippen LogP contribution in [0, 0.1) is 34.0 Å². The van der Waals surface area contributed by atoms with Gasteiger partial charge in [-0.05, 0) is 118 Å². The number of unbranched alkanes of at least 4 members (excludes halogenated alkanes) is 1. The number of ketones is 2. The predicted octanol–water partition coefficient (Wildman–Crippen LogP) is 3.30. The van der Waals surface area contributed by atoms with E-state index in [-0.39, 0.29) is 48.1 Å². The topological polar surface area (TPSA) is 312 Å². The van der Waals surface area contributed by atoms with Crippen molar-refractivity contribution in [2.24, 2.45) is 39.7 Å². The van der Waals surface area contributed by atoms with Gasteiger partial charge in [0.15, 0.2) is 23.5 Å². The number of aliphatic carboxylic acids is 1. The molecule has 1 unspecified atom stereocenters. The summed E-state index contributed by atoms with van der Waals surface area (Å²) in [5.74, 6) is -4.15. The number of nitrogens with one attached hydrogen (secondary N) is 4. The van der Waals surface area contributed by atoms with Gasteiger partial charge in [0.25, 0.3) is 0 Å². The second kappa shape index (κ2) is 23.4. The molecule has 5 amide bonds. The van der Waals surface area contributed by atoms with Gasteiger partial charge in [-0.15, -0.1) is 0 Å². The summed E-state index contributed by atoms with van der Waals surface area (Å²) in [4.78, 5) is 103. The number of carbonyl (C=O) groups excluding carboxylic acids is 7. The maximum Gasteiger partial charge on any atom is 0.410 e. The lowest BCUT2D eigenvalue weighted by molar-refractivity contribution is -0.201. The molecule has 1 spiro atoms. The quantitative estimate of drug-likeness (QED) is 0.0832. The van der Waals surface area contributed by atoms with Gasteiger partial charge in [0.05, 0.1) is 31.5 Å². The molecule has 3 saturated carbocycles. The molecular weight excluding hydrogens is 1020 g/mol. The summed E-state index contributed by atoms with van der Waals surface area (Å²) in [6.45, 7) is 6.00. The SMILES string of the molecule is CC(=O)N[C@@H](CCCCN)C(=O)NCC(=O)N[C@@H](CCC(=O)O)C(=O)Nc1ccc(COC(=O)N2CC3(COC(Cc4ccc([C@@H]5O[C@@H]6C[C@H]7[C@@H]8CCC9=CC(=O)C=C[C@]9(C)[C@H]8[C@@H](O)C[C@]7(C)[C@]6(C(=O)CO)O5)cc4)C3)C2)cc1. The third-order valence-electron chi connectivity index (χ3n) is 18.1. The summed E-state index contributed by atoms with van der Waals surface area (Å²) in [6, 6.07) is 12.2. The van der Waals surface area contributed by atoms with E-state index in [1.807, 2.05) is 37.3 Å². The van der Waals surface area contributed by atoms with Crippen LogP contribution in [0.25, 0.3) is 0 Å². The van der Waals surface area contributed by atoms with Crippen molar-refractivity contribution in [2.75, 3.05) is 44.7 Å². The molecule has 9 N–H and O–H groups in total. The van der Waals surface area contributed by atoms with E-state index in [4.69, 9.17) is 24.7 Å². The number of allylic oxidation sites excluding steroid dienone is 4. The molecule has 4 aliphatic carbocycles. The number of benzene rings is 2. The number of aliphatic hydroxyl groups excluding tert-OH is 2. The van der Waals surface area contributed by atoms with Crippen LogP contribution in [-0.2, 0) is 65.5 Å². The summed E-state index contributed by atoms with van der Waals surface area (Å²) in [5, 5.41) is 41.8. The highest BCUT2D eigenvalue weighted by Crippen LogP contribution is 2.70. The van der Waals surface area contributed by atoms with Gasteiger partial charge in [-0.25, -0.2) is 4.79 Å². The van der Waals surface area contributed by atoms with E-state index in [0.29, 0.717) is 76.0 Å². The van der Waals surface area contributed by atoms with Crippen molar-refractivity contribution in [3.63, 3.8) is 0 Å². The first kappa shape index (κ1) is 57.3. The van der Waals surface area contributed by atoms with Gasteiger partial charge >= 0.3 is 12.1 Å². The van der Waals surface area contributed by atoms with E-state index in [1.165, 1.54) is 6.92 Å². The van der Waals surface area contributed by atoms with Crippen LogP contribution in [0.2, 0.25) is 0 Å². The third-order valence-corrected chi connectivity index (χ3v) is 18.1. The first-order chi connectivity index (χ1) is 37.7. The number of nitrogens with two attached hydrogens (primary N) is 1. The minimum absolute atomic E-state index is 0.00813. The first-order valence-electron chi connectivity index (χ1n) is 27.6. The van der Waals surface area contributed by atoms with Crippen LogP contribution in [0.3, 0.4) is 0 Å². The molecule has 3 aliphatic heterocycles. The van der Waals surface area contributed by atoms with Crippen molar-refractivity contribution in [2.45, 2.75) is 140 Å². The van der Waals surface area contributed by atoms with E-state index in [2.05, 4.69) is 28.2 Å². The lowest BCUT2D eigenvalue weighted by Gasteiger charge is -2.59. The molecule has 2 aromatic carbocycles. The van der Waals surface area contributed by atoms with Gasteiger partial charge in [-0.2, -0.15) is 0 Å². The Hall–Kier alpha value is -6.36. The molecule has 0 bridgehead atoms. The van der Waals surface area contributed by atoms with Crippen LogP contribution in [-0.4, -0.2) is 143 Å². The smallest absolute Gasteiger partial charge is 0.410 e. The highest BCUT2D eigenvalue weighted by molar-refractivity contribution is 6.01. The fourth-order valence-electron chi connectivity index (χ4n) is 14.3. The van der Waals surface area contributed by atoms with Crippen LogP contribution < -0.4 is 27.0 Å². The number of fused-ring (bicyclic) bond motifs is 7. The summed E-state index contributed by atoms with van der Waals surface area (Å²) < 4.78 is 25.3.